The molecule has 0 bridgehead atoms. The SMILES string of the molecule is CC(=O)OCC1CCCN1C(=O)[C@H](C)C[C@@H](C)C(=O)OCc1ccccc1. The van der Waals surface area contributed by atoms with Gasteiger partial charge in [0.25, 0.3) is 0 Å². The predicted molar refractivity (Wildman–Crippen MR) is 101 cm³/mol. The summed E-state index contributed by atoms with van der Waals surface area (Å²) in [6, 6.07) is 9.45. The molecule has 1 fully saturated rings. The Morgan fingerprint density at radius 2 is 1.81 bits per heavy atom. The molecule has 1 amide bonds. The minimum absolute atomic E-state index is 0.00682. The van der Waals surface area contributed by atoms with Gasteiger partial charge in [0.15, 0.2) is 0 Å². The number of esters is 2. The number of ether oxygens (including phenoxy) is 2. The second-order valence-electron chi connectivity index (χ2n) is 7.26. The van der Waals surface area contributed by atoms with Crippen LogP contribution in [0, 0.1) is 11.8 Å². The van der Waals surface area contributed by atoms with Crippen LogP contribution in [0.3, 0.4) is 0 Å². The van der Waals surface area contributed by atoms with Crippen LogP contribution in [0.5, 0.6) is 0 Å². The van der Waals surface area contributed by atoms with E-state index >= 15 is 0 Å². The average Bonchev–Trinajstić information content (AvgIpc) is 3.13. The molecule has 6 nitrogen and oxygen atoms in total. The highest BCUT2D eigenvalue weighted by Gasteiger charge is 2.33. The zero-order valence-corrected chi connectivity index (χ0v) is 16.3. The maximum Gasteiger partial charge on any atom is 0.309 e. The normalized spacial score (nSPS) is 18.6. The van der Waals surface area contributed by atoms with Gasteiger partial charge in [0.2, 0.25) is 5.91 Å². The molecule has 6 heteroatoms. The third kappa shape index (κ3) is 6.38. The number of likely N-dealkylation sites (tertiary alicyclic amines) is 1. The molecule has 0 radical (unpaired) electrons. The molecule has 0 N–H and O–H groups in total. The Kier molecular flexibility index (Phi) is 7.82. The first-order valence-electron chi connectivity index (χ1n) is 9.53. The molecular formula is C21H29NO5. The fourth-order valence-corrected chi connectivity index (χ4v) is 3.39. The summed E-state index contributed by atoms with van der Waals surface area (Å²) in [5.74, 6) is -1.27. The summed E-state index contributed by atoms with van der Waals surface area (Å²) in [6.45, 7) is 6.14. The lowest BCUT2D eigenvalue weighted by molar-refractivity contribution is -0.151. The van der Waals surface area contributed by atoms with Crippen molar-refractivity contribution in [1.82, 2.24) is 4.90 Å². The van der Waals surface area contributed by atoms with Crippen molar-refractivity contribution in [3.05, 3.63) is 35.9 Å². The van der Waals surface area contributed by atoms with Gasteiger partial charge < -0.3 is 14.4 Å². The lowest BCUT2D eigenvalue weighted by Gasteiger charge is -2.28. The van der Waals surface area contributed by atoms with Gasteiger partial charge in [-0.25, -0.2) is 0 Å². The number of carbonyl (C=O) groups excluding carboxylic acids is 3. The van der Waals surface area contributed by atoms with E-state index in [1.54, 1.807) is 11.8 Å². The van der Waals surface area contributed by atoms with Crippen molar-refractivity contribution in [2.24, 2.45) is 11.8 Å². The lowest BCUT2D eigenvalue weighted by atomic mass is 9.96. The van der Waals surface area contributed by atoms with Crippen LogP contribution in [-0.2, 0) is 30.5 Å². The monoisotopic (exact) mass is 375 g/mol. The quantitative estimate of drug-likeness (QED) is 0.653. The summed E-state index contributed by atoms with van der Waals surface area (Å²) in [6.07, 6.45) is 2.17. The molecule has 1 aromatic carbocycles. The Balaban J connectivity index is 1.81. The van der Waals surface area contributed by atoms with Crippen molar-refractivity contribution in [3.63, 3.8) is 0 Å². The van der Waals surface area contributed by atoms with Crippen LogP contribution in [0.1, 0.15) is 45.6 Å². The van der Waals surface area contributed by atoms with Crippen LogP contribution in [-0.4, -0.2) is 41.9 Å². The third-order valence-electron chi connectivity index (χ3n) is 4.89. The summed E-state index contributed by atoms with van der Waals surface area (Å²) in [5, 5.41) is 0. The maximum atomic E-state index is 12.8. The van der Waals surface area contributed by atoms with Crippen molar-refractivity contribution in [1.29, 1.82) is 0 Å². The van der Waals surface area contributed by atoms with E-state index in [2.05, 4.69) is 0 Å². The van der Waals surface area contributed by atoms with Crippen LogP contribution < -0.4 is 0 Å². The molecule has 0 aromatic heterocycles. The number of amides is 1. The van der Waals surface area contributed by atoms with Gasteiger partial charge in [-0.1, -0.05) is 44.2 Å². The predicted octanol–water partition coefficient (Wildman–Crippen LogP) is 2.95. The summed E-state index contributed by atoms with van der Waals surface area (Å²) in [7, 11) is 0. The highest BCUT2D eigenvalue weighted by atomic mass is 16.5. The van der Waals surface area contributed by atoms with Crippen LogP contribution in [0.2, 0.25) is 0 Å². The van der Waals surface area contributed by atoms with E-state index in [0.717, 1.165) is 18.4 Å². The Hall–Kier alpha value is -2.37. The number of hydrogen-bond donors (Lipinski definition) is 0. The molecule has 3 atom stereocenters. The van der Waals surface area contributed by atoms with Gasteiger partial charge in [-0.2, -0.15) is 0 Å². The average molecular weight is 375 g/mol. The first kappa shape index (κ1) is 20.9. The minimum Gasteiger partial charge on any atom is -0.464 e. The van der Waals surface area contributed by atoms with Gasteiger partial charge in [-0.3, -0.25) is 14.4 Å². The minimum atomic E-state index is -0.359. The summed E-state index contributed by atoms with van der Waals surface area (Å²) in [5.41, 5.74) is 0.938. The maximum absolute atomic E-state index is 12.8. The molecular weight excluding hydrogens is 346 g/mol. The first-order valence-corrected chi connectivity index (χ1v) is 9.53. The van der Waals surface area contributed by atoms with Crippen LogP contribution >= 0.6 is 0 Å². The highest BCUT2D eigenvalue weighted by molar-refractivity contribution is 5.80. The second kappa shape index (κ2) is 10.1. The fourth-order valence-electron chi connectivity index (χ4n) is 3.39. The van der Waals surface area contributed by atoms with Crippen molar-refractivity contribution >= 4 is 17.8 Å². The molecule has 1 unspecified atom stereocenters. The summed E-state index contributed by atoms with van der Waals surface area (Å²) >= 11 is 0. The molecule has 148 valence electrons. The van der Waals surface area contributed by atoms with Crippen LogP contribution in [0.4, 0.5) is 0 Å². The highest BCUT2D eigenvalue weighted by Crippen LogP contribution is 2.23. The molecule has 1 aliphatic heterocycles. The third-order valence-corrected chi connectivity index (χ3v) is 4.89. The van der Waals surface area contributed by atoms with Gasteiger partial charge >= 0.3 is 11.9 Å². The molecule has 1 saturated heterocycles. The van der Waals surface area contributed by atoms with Crippen molar-refractivity contribution in [2.45, 2.75) is 52.7 Å². The number of nitrogens with zero attached hydrogens (tertiary/aromatic N) is 1. The van der Waals surface area contributed by atoms with E-state index in [-0.39, 0.29) is 48.9 Å². The topological polar surface area (TPSA) is 72.9 Å². The Bertz CT molecular complexity index is 645. The standard InChI is InChI=1S/C21H29NO5/c1-15(20(24)22-11-7-10-19(22)14-26-17(3)23)12-16(2)21(25)27-13-18-8-5-4-6-9-18/h4-6,8-9,15-16,19H,7,10-14H2,1-3H3/t15-,16-,19?/m1/s1. The molecule has 1 aromatic rings. The molecule has 0 aliphatic carbocycles. The second-order valence-corrected chi connectivity index (χ2v) is 7.26. The fraction of sp³-hybridized carbons (Fsp3) is 0.571. The molecule has 1 aliphatic rings. The van der Waals surface area contributed by atoms with Gasteiger partial charge in [-0.05, 0) is 24.8 Å². The largest absolute Gasteiger partial charge is 0.464 e. The Labute approximate surface area is 160 Å². The Morgan fingerprint density at radius 3 is 2.48 bits per heavy atom. The smallest absolute Gasteiger partial charge is 0.309 e. The van der Waals surface area contributed by atoms with E-state index < -0.39 is 0 Å². The number of hydrogen-bond acceptors (Lipinski definition) is 5. The first-order chi connectivity index (χ1) is 12.9. The number of benzene rings is 1. The van der Waals surface area contributed by atoms with Crippen molar-refractivity contribution < 1.29 is 23.9 Å². The van der Waals surface area contributed by atoms with E-state index in [0.29, 0.717) is 13.0 Å². The van der Waals surface area contributed by atoms with Gasteiger partial charge in [-0.15, -0.1) is 0 Å². The van der Waals surface area contributed by atoms with E-state index in [1.165, 1.54) is 6.92 Å². The van der Waals surface area contributed by atoms with Gasteiger partial charge in [0, 0.05) is 19.4 Å². The zero-order valence-electron chi connectivity index (χ0n) is 16.3. The number of rotatable bonds is 8. The molecule has 0 saturated carbocycles. The summed E-state index contributed by atoms with van der Waals surface area (Å²) < 4.78 is 10.4. The summed E-state index contributed by atoms with van der Waals surface area (Å²) in [4.78, 5) is 37.8. The Morgan fingerprint density at radius 1 is 1.11 bits per heavy atom. The molecule has 27 heavy (non-hydrogen) atoms. The van der Waals surface area contributed by atoms with Crippen molar-refractivity contribution in [2.75, 3.05) is 13.2 Å². The van der Waals surface area contributed by atoms with Gasteiger partial charge in [0.1, 0.15) is 13.2 Å². The van der Waals surface area contributed by atoms with E-state index in [9.17, 15) is 14.4 Å². The van der Waals surface area contributed by atoms with Crippen molar-refractivity contribution in [3.8, 4) is 0 Å². The lowest BCUT2D eigenvalue weighted by Crippen LogP contribution is -2.42. The molecule has 2 rings (SSSR count). The van der Waals surface area contributed by atoms with Gasteiger partial charge in [0.05, 0.1) is 12.0 Å². The zero-order chi connectivity index (χ0) is 19.8. The molecule has 0 spiro atoms. The number of carbonyl (C=O) groups is 3. The van der Waals surface area contributed by atoms with Crippen LogP contribution in [0.25, 0.3) is 0 Å². The van der Waals surface area contributed by atoms with Crippen LogP contribution in [0.15, 0.2) is 30.3 Å². The van der Waals surface area contributed by atoms with E-state index in [4.69, 9.17) is 9.47 Å². The van der Waals surface area contributed by atoms with E-state index in [1.807, 2.05) is 37.3 Å². The molecule has 1 heterocycles.